The van der Waals surface area contributed by atoms with E-state index in [9.17, 15) is 0 Å². The van der Waals surface area contributed by atoms with Gasteiger partial charge in [-0.05, 0) is 30.6 Å². The second-order valence-corrected chi connectivity index (χ2v) is 6.02. The standard InChI is InChI=1S/C15H25N3S/c1-19-12-7-15(13-16)18-10-8-17(9-11-18)14-5-3-2-4-6-14/h2-6,15H,7-13,16H2,1H3. The van der Waals surface area contributed by atoms with E-state index in [0.717, 1.165) is 32.7 Å². The molecule has 2 N–H and O–H groups in total. The number of benzene rings is 1. The third-order valence-corrected chi connectivity index (χ3v) is 4.52. The van der Waals surface area contributed by atoms with E-state index in [1.54, 1.807) is 0 Å². The molecule has 0 aromatic heterocycles. The van der Waals surface area contributed by atoms with Crippen LogP contribution in [0.25, 0.3) is 0 Å². The largest absolute Gasteiger partial charge is 0.369 e. The number of anilines is 1. The Morgan fingerprint density at radius 1 is 1.16 bits per heavy atom. The van der Waals surface area contributed by atoms with Gasteiger partial charge in [0, 0.05) is 44.5 Å². The summed E-state index contributed by atoms with van der Waals surface area (Å²) in [5, 5.41) is 0. The molecule has 106 valence electrons. The summed E-state index contributed by atoms with van der Waals surface area (Å²) >= 11 is 1.91. The van der Waals surface area contributed by atoms with Gasteiger partial charge in [0.15, 0.2) is 0 Å². The van der Waals surface area contributed by atoms with Gasteiger partial charge >= 0.3 is 0 Å². The highest BCUT2D eigenvalue weighted by Crippen LogP contribution is 2.17. The summed E-state index contributed by atoms with van der Waals surface area (Å²) in [6.45, 7) is 5.27. The summed E-state index contributed by atoms with van der Waals surface area (Å²) in [4.78, 5) is 5.04. The number of rotatable bonds is 6. The van der Waals surface area contributed by atoms with Crippen LogP contribution in [-0.2, 0) is 0 Å². The van der Waals surface area contributed by atoms with E-state index in [-0.39, 0.29) is 0 Å². The Labute approximate surface area is 121 Å². The first-order valence-corrected chi connectivity index (χ1v) is 8.47. The normalized spacial score (nSPS) is 18.5. The highest BCUT2D eigenvalue weighted by molar-refractivity contribution is 7.98. The molecule has 0 radical (unpaired) electrons. The van der Waals surface area contributed by atoms with Crippen LogP contribution in [0, 0.1) is 0 Å². The molecule has 1 aliphatic rings. The second-order valence-electron chi connectivity index (χ2n) is 5.03. The smallest absolute Gasteiger partial charge is 0.0367 e. The van der Waals surface area contributed by atoms with Gasteiger partial charge in [0.1, 0.15) is 0 Å². The van der Waals surface area contributed by atoms with Crippen molar-refractivity contribution in [2.75, 3.05) is 49.6 Å². The molecule has 1 saturated heterocycles. The van der Waals surface area contributed by atoms with Crippen molar-refractivity contribution in [3.63, 3.8) is 0 Å². The van der Waals surface area contributed by atoms with Crippen LogP contribution in [0.3, 0.4) is 0 Å². The molecule has 19 heavy (non-hydrogen) atoms. The first kappa shape index (κ1) is 14.7. The zero-order valence-electron chi connectivity index (χ0n) is 11.8. The first-order valence-electron chi connectivity index (χ1n) is 7.08. The number of piperazine rings is 1. The lowest BCUT2D eigenvalue weighted by Crippen LogP contribution is -2.52. The number of para-hydroxylation sites is 1. The lowest BCUT2D eigenvalue weighted by molar-refractivity contribution is 0.185. The van der Waals surface area contributed by atoms with Gasteiger partial charge in [0.25, 0.3) is 0 Å². The van der Waals surface area contributed by atoms with E-state index in [1.165, 1.54) is 17.9 Å². The minimum atomic E-state index is 0.561. The average molecular weight is 279 g/mol. The predicted octanol–water partition coefficient (Wildman–Crippen LogP) is 1.89. The molecule has 0 amide bonds. The van der Waals surface area contributed by atoms with E-state index in [2.05, 4.69) is 46.4 Å². The van der Waals surface area contributed by atoms with Gasteiger partial charge in [0.05, 0.1) is 0 Å². The molecule has 2 rings (SSSR count). The van der Waals surface area contributed by atoms with Crippen molar-refractivity contribution in [3.05, 3.63) is 30.3 Å². The molecule has 1 unspecified atom stereocenters. The third kappa shape index (κ3) is 4.13. The molecule has 1 aromatic carbocycles. The molecule has 1 heterocycles. The van der Waals surface area contributed by atoms with Gasteiger partial charge in [-0.3, -0.25) is 4.90 Å². The van der Waals surface area contributed by atoms with Crippen LogP contribution < -0.4 is 10.6 Å². The van der Waals surface area contributed by atoms with Gasteiger partial charge in [-0.15, -0.1) is 0 Å². The predicted molar refractivity (Wildman–Crippen MR) is 86.1 cm³/mol. The van der Waals surface area contributed by atoms with Crippen LogP contribution >= 0.6 is 11.8 Å². The summed E-state index contributed by atoms with van der Waals surface area (Å²) in [6, 6.07) is 11.3. The number of hydrogen-bond acceptors (Lipinski definition) is 4. The minimum absolute atomic E-state index is 0.561. The summed E-state index contributed by atoms with van der Waals surface area (Å²) in [5.74, 6) is 1.21. The monoisotopic (exact) mass is 279 g/mol. The van der Waals surface area contributed by atoms with Crippen molar-refractivity contribution in [1.29, 1.82) is 0 Å². The minimum Gasteiger partial charge on any atom is -0.369 e. The maximum Gasteiger partial charge on any atom is 0.0367 e. The Bertz CT molecular complexity index is 350. The van der Waals surface area contributed by atoms with Crippen LogP contribution in [0.5, 0.6) is 0 Å². The van der Waals surface area contributed by atoms with E-state index < -0.39 is 0 Å². The highest BCUT2D eigenvalue weighted by atomic mass is 32.2. The van der Waals surface area contributed by atoms with Gasteiger partial charge in [-0.2, -0.15) is 11.8 Å². The molecule has 0 spiro atoms. The Hall–Kier alpha value is -0.710. The topological polar surface area (TPSA) is 32.5 Å². The number of hydrogen-bond donors (Lipinski definition) is 1. The summed E-state index contributed by atoms with van der Waals surface area (Å²) in [5.41, 5.74) is 7.27. The molecular weight excluding hydrogens is 254 g/mol. The van der Waals surface area contributed by atoms with Gasteiger partial charge < -0.3 is 10.6 Å². The zero-order valence-corrected chi connectivity index (χ0v) is 12.6. The Morgan fingerprint density at radius 3 is 2.42 bits per heavy atom. The number of thioether (sulfide) groups is 1. The van der Waals surface area contributed by atoms with Crippen molar-refractivity contribution in [1.82, 2.24) is 4.90 Å². The Kier molecular flexibility index (Phi) is 6.01. The van der Waals surface area contributed by atoms with Crippen LogP contribution in [-0.4, -0.2) is 55.7 Å². The van der Waals surface area contributed by atoms with Gasteiger partial charge in [0.2, 0.25) is 0 Å². The molecule has 0 saturated carbocycles. The maximum atomic E-state index is 5.93. The Balaban J connectivity index is 1.84. The molecule has 0 aliphatic carbocycles. The molecule has 0 bridgehead atoms. The average Bonchev–Trinajstić information content (AvgIpc) is 2.49. The van der Waals surface area contributed by atoms with Crippen LogP contribution in [0.4, 0.5) is 5.69 Å². The van der Waals surface area contributed by atoms with Crippen LogP contribution in [0.1, 0.15) is 6.42 Å². The fourth-order valence-electron chi connectivity index (χ4n) is 2.69. The van der Waals surface area contributed by atoms with E-state index >= 15 is 0 Å². The Morgan fingerprint density at radius 2 is 1.84 bits per heavy atom. The highest BCUT2D eigenvalue weighted by Gasteiger charge is 2.22. The SMILES string of the molecule is CSCCC(CN)N1CCN(c2ccccc2)CC1. The zero-order chi connectivity index (χ0) is 13.5. The molecule has 3 nitrogen and oxygen atoms in total. The maximum absolute atomic E-state index is 5.93. The van der Waals surface area contributed by atoms with Crippen molar-refractivity contribution in [2.24, 2.45) is 5.73 Å². The van der Waals surface area contributed by atoms with E-state index in [1.807, 2.05) is 11.8 Å². The first-order chi connectivity index (χ1) is 9.35. The second kappa shape index (κ2) is 7.78. The number of nitrogens with two attached hydrogens (primary N) is 1. The van der Waals surface area contributed by atoms with Crippen molar-refractivity contribution in [2.45, 2.75) is 12.5 Å². The molecule has 1 atom stereocenters. The molecule has 4 heteroatoms. The fourth-order valence-corrected chi connectivity index (χ4v) is 3.20. The van der Waals surface area contributed by atoms with E-state index in [0.29, 0.717) is 6.04 Å². The lowest BCUT2D eigenvalue weighted by atomic mass is 10.1. The van der Waals surface area contributed by atoms with Crippen molar-refractivity contribution >= 4 is 17.4 Å². The summed E-state index contributed by atoms with van der Waals surface area (Å²) in [6.07, 6.45) is 3.38. The van der Waals surface area contributed by atoms with Crippen molar-refractivity contribution in [3.8, 4) is 0 Å². The molecule has 1 fully saturated rings. The quantitative estimate of drug-likeness (QED) is 0.862. The van der Waals surface area contributed by atoms with Gasteiger partial charge in [-0.1, -0.05) is 18.2 Å². The van der Waals surface area contributed by atoms with Gasteiger partial charge in [-0.25, -0.2) is 0 Å². The summed E-state index contributed by atoms with van der Waals surface area (Å²) in [7, 11) is 0. The third-order valence-electron chi connectivity index (χ3n) is 3.88. The summed E-state index contributed by atoms with van der Waals surface area (Å²) < 4.78 is 0. The molecule has 1 aromatic rings. The van der Waals surface area contributed by atoms with Crippen LogP contribution in [0.2, 0.25) is 0 Å². The van der Waals surface area contributed by atoms with Crippen LogP contribution in [0.15, 0.2) is 30.3 Å². The van der Waals surface area contributed by atoms with Crippen molar-refractivity contribution < 1.29 is 0 Å². The fraction of sp³-hybridized carbons (Fsp3) is 0.600. The lowest BCUT2D eigenvalue weighted by Gasteiger charge is -2.40. The number of nitrogens with zero attached hydrogens (tertiary/aromatic N) is 2. The molecule has 1 aliphatic heterocycles. The molecular formula is C15H25N3S. The van der Waals surface area contributed by atoms with E-state index in [4.69, 9.17) is 5.73 Å².